The average Bonchev–Trinajstić information content (AvgIpc) is 2.31. The first-order valence-corrected chi connectivity index (χ1v) is 5.83. The number of anilines is 1. The maximum absolute atomic E-state index is 12.9. The molecule has 104 valence electrons. The van der Waals surface area contributed by atoms with E-state index in [4.69, 9.17) is 16.7 Å². The summed E-state index contributed by atoms with van der Waals surface area (Å²) in [5, 5.41) is 13.6. The van der Waals surface area contributed by atoms with Crippen LogP contribution in [0.25, 0.3) is 0 Å². The molecule has 7 heteroatoms. The van der Waals surface area contributed by atoms with Crippen LogP contribution < -0.4 is 10.6 Å². The Hall–Kier alpha value is -1.82. The van der Waals surface area contributed by atoms with E-state index < -0.39 is 23.2 Å². The van der Waals surface area contributed by atoms with Crippen molar-refractivity contribution in [1.82, 2.24) is 5.32 Å². The fraction of sp³-hybridized carbons (Fsp3) is 0.333. The van der Waals surface area contributed by atoms with Gasteiger partial charge in [-0.3, -0.25) is 4.79 Å². The van der Waals surface area contributed by atoms with Gasteiger partial charge < -0.3 is 15.7 Å². The molecule has 0 saturated heterocycles. The van der Waals surface area contributed by atoms with Crippen molar-refractivity contribution in [3.05, 3.63) is 29.0 Å². The third-order valence-corrected chi connectivity index (χ3v) is 2.74. The smallest absolute Gasteiger partial charge is 0.319 e. The minimum atomic E-state index is -1.07. The summed E-state index contributed by atoms with van der Waals surface area (Å²) in [7, 11) is 0. The number of amides is 2. The van der Waals surface area contributed by atoms with Crippen molar-refractivity contribution in [3.8, 4) is 0 Å². The van der Waals surface area contributed by atoms with Gasteiger partial charge in [-0.1, -0.05) is 11.6 Å². The first-order valence-electron chi connectivity index (χ1n) is 5.45. The molecule has 2 amide bonds. The van der Waals surface area contributed by atoms with Gasteiger partial charge in [0.05, 0.1) is 10.4 Å². The van der Waals surface area contributed by atoms with Gasteiger partial charge in [0.2, 0.25) is 0 Å². The molecule has 0 aliphatic carbocycles. The lowest BCUT2D eigenvalue weighted by Crippen LogP contribution is -2.40. The summed E-state index contributed by atoms with van der Waals surface area (Å²) < 4.78 is 12.9. The van der Waals surface area contributed by atoms with Gasteiger partial charge in [0.25, 0.3) is 0 Å². The van der Waals surface area contributed by atoms with E-state index in [0.717, 1.165) is 6.07 Å². The fourth-order valence-electron chi connectivity index (χ4n) is 1.13. The van der Waals surface area contributed by atoms with E-state index in [1.165, 1.54) is 26.0 Å². The molecule has 0 unspecified atom stereocenters. The zero-order valence-corrected chi connectivity index (χ0v) is 11.2. The van der Waals surface area contributed by atoms with Gasteiger partial charge in [-0.15, -0.1) is 0 Å². The molecule has 0 saturated carbocycles. The highest BCUT2D eigenvalue weighted by atomic mass is 35.5. The van der Waals surface area contributed by atoms with Crippen molar-refractivity contribution in [2.75, 3.05) is 11.9 Å². The van der Waals surface area contributed by atoms with E-state index in [1.807, 2.05) is 0 Å². The van der Waals surface area contributed by atoms with E-state index in [9.17, 15) is 14.0 Å². The Morgan fingerprint density at radius 3 is 2.58 bits per heavy atom. The van der Waals surface area contributed by atoms with Crippen LogP contribution in [0, 0.1) is 11.2 Å². The Labute approximate surface area is 114 Å². The number of carboxylic acid groups (broad SMARTS) is 1. The third-order valence-electron chi connectivity index (χ3n) is 2.45. The molecule has 0 aliphatic heterocycles. The predicted molar refractivity (Wildman–Crippen MR) is 69.8 cm³/mol. The van der Waals surface area contributed by atoms with E-state index >= 15 is 0 Å². The van der Waals surface area contributed by atoms with Crippen LogP contribution in [-0.2, 0) is 4.79 Å². The molecule has 0 fully saturated rings. The summed E-state index contributed by atoms with van der Waals surface area (Å²) in [5.41, 5.74) is -0.755. The number of carboxylic acids is 1. The maximum Gasteiger partial charge on any atom is 0.319 e. The Kier molecular flexibility index (Phi) is 4.72. The maximum atomic E-state index is 12.9. The number of benzene rings is 1. The molecule has 1 aromatic carbocycles. The van der Waals surface area contributed by atoms with Gasteiger partial charge in [0.15, 0.2) is 0 Å². The van der Waals surface area contributed by atoms with Gasteiger partial charge in [0, 0.05) is 12.2 Å². The van der Waals surface area contributed by atoms with E-state index in [0.29, 0.717) is 5.69 Å². The second-order valence-electron chi connectivity index (χ2n) is 4.63. The third kappa shape index (κ3) is 4.40. The number of aliphatic carboxylic acids is 1. The zero-order chi connectivity index (χ0) is 14.6. The number of carbonyl (C=O) groups is 2. The van der Waals surface area contributed by atoms with Crippen molar-refractivity contribution in [2.24, 2.45) is 5.41 Å². The van der Waals surface area contributed by atoms with Crippen molar-refractivity contribution < 1.29 is 19.1 Å². The monoisotopic (exact) mass is 288 g/mol. The van der Waals surface area contributed by atoms with Gasteiger partial charge in [-0.25, -0.2) is 9.18 Å². The predicted octanol–water partition coefficient (Wildman–Crippen LogP) is 2.71. The highest BCUT2D eigenvalue weighted by Gasteiger charge is 2.27. The lowest BCUT2D eigenvalue weighted by molar-refractivity contribution is -0.146. The molecule has 0 atom stereocenters. The standard InChI is InChI=1S/C12H14ClFN2O3/c1-12(2,10(17)18)6-15-11(19)16-7-3-4-9(14)8(13)5-7/h3-5H,6H2,1-2H3,(H,17,18)(H2,15,16,19). The lowest BCUT2D eigenvalue weighted by Gasteiger charge is -2.19. The van der Waals surface area contributed by atoms with E-state index in [1.54, 1.807) is 0 Å². The Balaban J connectivity index is 2.56. The van der Waals surface area contributed by atoms with Crippen LogP contribution >= 0.6 is 11.6 Å². The molecule has 0 aromatic heterocycles. The molecule has 0 radical (unpaired) electrons. The Morgan fingerprint density at radius 1 is 1.42 bits per heavy atom. The molecule has 0 bridgehead atoms. The molecule has 19 heavy (non-hydrogen) atoms. The molecular weight excluding hydrogens is 275 g/mol. The summed E-state index contributed by atoms with van der Waals surface area (Å²) in [6, 6.07) is 3.15. The van der Waals surface area contributed by atoms with Gasteiger partial charge >= 0.3 is 12.0 Å². The average molecular weight is 289 g/mol. The lowest BCUT2D eigenvalue weighted by atomic mass is 9.94. The van der Waals surface area contributed by atoms with E-state index in [-0.39, 0.29) is 11.6 Å². The van der Waals surface area contributed by atoms with Crippen molar-refractivity contribution >= 4 is 29.3 Å². The zero-order valence-electron chi connectivity index (χ0n) is 10.5. The Bertz CT molecular complexity index is 506. The second-order valence-corrected chi connectivity index (χ2v) is 5.03. The number of hydrogen-bond donors (Lipinski definition) is 3. The number of urea groups is 1. The number of halogens is 2. The molecule has 5 nitrogen and oxygen atoms in total. The number of rotatable bonds is 4. The highest BCUT2D eigenvalue weighted by molar-refractivity contribution is 6.31. The van der Waals surface area contributed by atoms with Gasteiger partial charge in [0.1, 0.15) is 5.82 Å². The Morgan fingerprint density at radius 2 is 2.05 bits per heavy atom. The SMILES string of the molecule is CC(C)(CNC(=O)Nc1ccc(F)c(Cl)c1)C(=O)O. The van der Waals surface area contributed by atoms with Crippen molar-refractivity contribution in [1.29, 1.82) is 0 Å². The molecular formula is C12H14ClFN2O3. The molecule has 0 aliphatic rings. The van der Waals surface area contributed by atoms with E-state index in [2.05, 4.69) is 10.6 Å². The summed E-state index contributed by atoms with van der Waals surface area (Å²) in [6.45, 7) is 2.94. The summed E-state index contributed by atoms with van der Waals surface area (Å²) in [4.78, 5) is 22.4. The molecule has 1 aromatic rings. The van der Waals surface area contributed by atoms with Crippen LogP contribution in [-0.4, -0.2) is 23.7 Å². The number of nitrogens with one attached hydrogen (secondary N) is 2. The van der Waals surface area contributed by atoms with Crippen LogP contribution in [0.4, 0.5) is 14.9 Å². The number of carbonyl (C=O) groups excluding carboxylic acids is 1. The normalized spacial score (nSPS) is 10.9. The highest BCUT2D eigenvalue weighted by Crippen LogP contribution is 2.19. The van der Waals surface area contributed by atoms with Crippen LogP contribution in [0.15, 0.2) is 18.2 Å². The fourth-order valence-corrected chi connectivity index (χ4v) is 1.31. The largest absolute Gasteiger partial charge is 0.481 e. The first-order chi connectivity index (χ1) is 8.72. The van der Waals surface area contributed by atoms with Crippen LogP contribution in [0.5, 0.6) is 0 Å². The van der Waals surface area contributed by atoms with Crippen molar-refractivity contribution in [2.45, 2.75) is 13.8 Å². The van der Waals surface area contributed by atoms with Crippen LogP contribution in [0.1, 0.15) is 13.8 Å². The summed E-state index contributed by atoms with van der Waals surface area (Å²) in [6.07, 6.45) is 0. The quantitative estimate of drug-likeness (QED) is 0.797. The van der Waals surface area contributed by atoms with Gasteiger partial charge in [-0.05, 0) is 32.0 Å². The second kappa shape index (κ2) is 5.88. The van der Waals surface area contributed by atoms with Gasteiger partial charge in [-0.2, -0.15) is 0 Å². The minimum absolute atomic E-state index is 0.0386. The molecule has 0 heterocycles. The summed E-state index contributed by atoms with van der Waals surface area (Å²) in [5.74, 6) is -1.60. The first kappa shape index (κ1) is 15.2. The molecule has 1 rings (SSSR count). The minimum Gasteiger partial charge on any atom is -0.481 e. The van der Waals surface area contributed by atoms with Crippen LogP contribution in [0.2, 0.25) is 5.02 Å². The number of hydrogen-bond acceptors (Lipinski definition) is 2. The van der Waals surface area contributed by atoms with Crippen molar-refractivity contribution in [3.63, 3.8) is 0 Å². The molecule has 3 N–H and O–H groups in total. The molecule has 0 spiro atoms. The topological polar surface area (TPSA) is 78.4 Å². The van der Waals surface area contributed by atoms with Crippen LogP contribution in [0.3, 0.4) is 0 Å². The summed E-state index contributed by atoms with van der Waals surface area (Å²) >= 11 is 5.56.